The van der Waals surface area contributed by atoms with E-state index in [2.05, 4.69) is 10.6 Å². The highest BCUT2D eigenvalue weighted by molar-refractivity contribution is 5.91. The number of urea groups is 1. The summed E-state index contributed by atoms with van der Waals surface area (Å²) >= 11 is 0. The minimum Gasteiger partial charge on any atom is -0.481 e. The second kappa shape index (κ2) is 7.14. The lowest BCUT2D eigenvalue weighted by Crippen LogP contribution is -2.33. The first kappa shape index (κ1) is 15.5. The molecule has 106 valence electrons. The number of aliphatic carboxylic acids is 1. The topological polar surface area (TPSA) is 102 Å². The van der Waals surface area contributed by atoms with Crippen molar-refractivity contribution in [1.82, 2.24) is 5.32 Å². The van der Waals surface area contributed by atoms with E-state index in [1.165, 1.54) is 0 Å². The van der Waals surface area contributed by atoms with Crippen LogP contribution >= 0.6 is 0 Å². The monoisotopic (exact) mass is 275 g/mol. The number of nitriles is 1. The van der Waals surface area contributed by atoms with Crippen molar-refractivity contribution in [3.8, 4) is 6.07 Å². The molecule has 0 aliphatic heterocycles. The van der Waals surface area contributed by atoms with Crippen LogP contribution < -0.4 is 10.6 Å². The number of carboxylic acids is 1. The van der Waals surface area contributed by atoms with Crippen LogP contribution in [0.4, 0.5) is 10.5 Å². The highest BCUT2D eigenvalue weighted by Crippen LogP contribution is 2.18. The third kappa shape index (κ3) is 4.61. The van der Waals surface area contributed by atoms with Crippen molar-refractivity contribution in [1.29, 1.82) is 5.26 Å². The zero-order valence-electron chi connectivity index (χ0n) is 11.4. The largest absolute Gasteiger partial charge is 0.481 e. The van der Waals surface area contributed by atoms with E-state index in [9.17, 15) is 9.59 Å². The van der Waals surface area contributed by atoms with Crippen molar-refractivity contribution in [2.45, 2.75) is 20.3 Å². The number of nitrogens with zero attached hydrogens (tertiary/aromatic N) is 1. The number of amides is 2. The van der Waals surface area contributed by atoms with Crippen LogP contribution in [0.15, 0.2) is 18.2 Å². The zero-order chi connectivity index (χ0) is 15.1. The Kier molecular flexibility index (Phi) is 5.54. The highest BCUT2D eigenvalue weighted by Gasteiger charge is 2.11. The van der Waals surface area contributed by atoms with Crippen LogP contribution in [0.2, 0.25) is 0 Å². The van der Waals surface area contributed by atoms with Crippen molar-refractivity contribution in [3.63, 3.8) is 0 Å². The molecule has 1 aromatic rings. The van der Waals surface area contributed by atoms with Crippen molar-refractivity contribution >= 4 is 17.7 Å². The van der Waals surface area contributed by atoms with Gasteiger partial charge in [0.2, 0.25) is 0 Å². The van der Waals surface area contributed by atoms with E-state index >= 15 is 0 Å². The molecule has 1 atom stereocenters. The standard InChI is InChI=1S/C14H17N3O3/c1-9(6-13(18)19)8-16-14(20)17-12-5-3-4-10(2)11(12)7-15/h3-5,9H,6,8H2,1-2H3,(H,18,19)(H2,16,17,20). The Morgan fingerprint density at radius 3 is 2.75 bits per heavy atom. The number of rotatable bonds is 5. The summed E-state index contributed by atoms with van der Waals surface area (Å²) in [6.07, 6.45) is -0.00578. The lowest BCUT2D eigenvalue weighted by Gasteiger charge is -2.12. The fourth-order valence-electron chi connectivity index (χ4n) is 1.72. The maximum Gasteiger partial charge on any atom is 0.319 e. The van der Waals surface area contributed by atoms with Gasteiger partial charge < -0.3 is 15.7 Å². The van der Waals surface area contributed by atoms with E-state index in [0.717, 1.165) is 5.56 Å². The third-order valence-corrected chi connectivity index (χ3v) is 2.77. The fraction of sp³-hybridized carbons (Fsp3) is 0.357. The van der Waals surface area contributed by atoms with E-state index < -0.39 is 12.0 Å². The van der Waals surface area contributed by atoms with E-state index in [1.807, 2.05) is 6.07 Å². The molecule has 0 bridgehead atoms. The number of anilines is 1. The van der Waals surface area contributed by atoms with Gasteiger partial charge in [-0.1, -0.05) is 19.1 Å². The van der Waals surface area contributed by atoms with E-state index in [-0.39, 0.29) is 18.9 Å². The van der Waals surface area contributed by atoms with Gasteiger partial charge >= 0.3 is 12.0 Å². The Morgan fingerprint density at radius 2 is 2.15 bits per heavy atom. The Balaban J connectivity index is 2.58. The molecule has 2 amide bonds. The molecule has 1 rings (SSSR count). The first-order valence-electron chi connectivity index (χ1n) is 6.20. The second-order valence-corrected chi connectivity index (χ2v) is 4.65. The van der Waals surface area contributed by atoms with Crippen LogP contribution in [0.1, 0.15) is 24.5 Å². The van der Waals surface area contributed by atoms with E-state index in [1.54, 1.807) is 32.0 Å². The molecule has 0 fully saturated rings. The van der Waals surface area contributed by atoms with Crippen LogP contribution in [0.5, 0.6) is 0 Å². The average molecular weight is 275 g/mol. The molecule has 1 unspecified atom stereocenters. The molecule has 0 saturated heterocycles. The number of carbonyl (C=O) groups excluding carboxylic acids is 1. The third-order valence-electron chi connectivity index (χ3n) is 2.77. The predicted octanol–water partition coefficient (Wildman–Crippen LogP) is 2.10. The molecule has 0 aliphatic rings. The van der Waals surface area contributed by atoms with Crippen LogP contribution in [0, 0.1) is 24.2 Å². The summed E-state index contributed by atoms with van der Waals surface area (Å²) in [5.41, 5.74) is 1.64. The number of hydrogen-bond acceptors (Lipinski definition) is 3. The molecule has 1 aromatic carbocycles. The predicted molar refractivity (Wildman–Crippen MR) is 74.3 cm³/mol. The summed E-state index contributed by atoms with van der Waals surface area (Å²) in [4.78, 5) is 22.2. The summed E-state index contributed by atoms with van der Waals surface area (Å²) in [7, 11) is 0. The molecule has 0 radical (unpaired) electrons. The van der Waals surface area contributed by atoms with E-state index in [0.29, 0.717) is 11.3 Å². The Hall–Kier alpha value is -2.55. The van der Waals surface area contributed by atoms with Crippen molar-refractivity contribution in [3.05, 3.63) is 29.3 Å². The molecule has 0 heterocycles. The maximum absolute atomic E-state index is 11.7. The molecule has 0 saturated carbocycles. The summed E-state index contributed by atoms with van der Waals surface area (Å²) in [5, 5.41) is 22.8. The Bertz CT molecular complexity index is 549. The van der Waals surface area contributed by atoms with Crippen molar-refractivity contribution in [2.75, 3.05) is 11.9 Å². The summed E-state index contributed by atoms with van der Waals surface area (Å²) < 4.78 is 0. The Morgan fingerprint density at radius 1 is 1.45 bits per heavy atom. The number of hydrogen-bond donors (Lipinski definition) is 3. The van der Waals surface area contributed by atoms with E-state index in [4.69, 9.17) is 10.4 Å². The summed E-state index contributed by atoms with van der Waals surface area (Å²) in [6, 6.07) is 6.77. The number of carboxylic acid groups (broad SMARTS) is 1. The van der Waals surface area contributed by atoms with Gasteiger partial charge in [-0.2, -0.15) is 5.26 Å². The molecule has 3 N–H and O–H groups in total. The summed E-state index contributed by atoms with van der Waals surface area (Å²) in [6.45, 7) is 3.78. The van der Waals surface area contributed by atoms with Gasteiger partial charge in [-0.25, -0.2) is 4.79 Å². The number of aryl methyl sites for hydroxylation is 1. The molecule has 6 heteroatoms. The van der Waals surface area contributed by atoms with Gasteiger partial charge in [-0.05, 0) is 24.5 Å². The minimum atomic E-state index is -0.898. The molecule has 0 spiro atoms. The van der Waals surface area contributed by atoms with Crippen LogP contribution in [-0.2, 0) is 4.79 Å². The average Bonchev–Trinajstić information content (AvgIpc) is 2.36. The van der Waals surface area contributed by atoms with Gasteiger partial charge in [0, 0.05) is 13.0 Å². The molecule has 0 aliphatic carbocycles. The van der Waals surface area contributed by atoms with Crippen LogP contribution in [-0.4, -0.2) is 23.7 Å². The lowest BCUT2D eigenvalue weighted by atomic mass is 10.1. The van der Waals surface area contributed by atoms with Crippen LogP contribution in [0.25, 0.3) is 0 Å². The highest BCUT2D eigenvalue weighted by atomic mass is 16.4. The fourth-order valence-corrected chi connectivity index (χ4v) is 1.72. The number of carbonyl (C=O) groups is 2. The van der Waals surface area contributed by atoms with Gasteiger partial charge in [-0.3, -0.25) is 4.79 Å². The quantitative estimate of drug-likeness (QED) is 0.765. The number of nitrogens with one attached hydrogen (secondary N) is 2. The molecule has 20 heavy (non-hydrogen) atoms. The second-order valence-electron chi connectivity index (χ2n) is 4.65. The Labute approximate surface area is 117 Å². The molecule has 0 aromatic heterocycles. The van der Waals surface area contributed by atoms with Gasteiger partial charge in [0.25, 0.3) is 0 Å². The maximum atomic E-state index is 11.7. The molecular weight excluding hydrogens is 258 g/mol. The molecular formula is C14H17N3O3. The molecule has 6 nitrogen and oxygen atoms in total. The number of benzene rings is 1. The van der Waals surface area contributed by atoms with Gasteiger partial charge in [0.1, 0.15) is 6.07 Å². The first-order chi connectivity index (χ1) is 9.43. The van der Waals surface area contributed by atoms with Gasteiger partial charge in [-0.15, -0.1) is 0 Å². The first-order valence-corrected chi connectivity index (χ1v) is 6.20. The normalized spacial score (nSPS) is 11.2. The van der Waals surface area contributed by atoms with Crippen molar-refractivity contribution < 1.29 is 14.7 Å². The van der Waals surface area contributed by atoms with Crippen molar-refractivity contribution in [2.24, 2.45) is 5.92 Å². The lowest BCUT2D eigenvalue weighted by molar-refractivity contribution is -0.137. The summed E-state index contributed by atoms with van der Waals surface area (Å²) in [5.74, 6) is -1.06. The van der Waals surface area contributed by atoms with Gasteiger partial charge in [0.15, 0.2) is 0 Å². The SMILES string of the molecule is Cc1cccc(NC(=O)NCC(C)CC(=O)O)c1C#N. The minimum absolute atomic E-state index is 0.00578. The smallest absolute Gasteiger partial charge is 0.319 e. The van der Waals surface area contributed by atoms with Gasteiger partial charge in [0.05, 0.1) is 11.3 Å². The zero-order valence-corrected chi connectivity index (χ0v) is 11.4. The van der Waals surface area contributed by atoms with Crippen LogP contribution in [0.3, 0.4) is 0 Å².